The van der Waals surface area contributed by atoms with Gasteiger partial charge in [-0.05, 0) is 37.5 Å². The van der Waals surface area contributed by atoms with Crippen LogP contribution in [0.4, 0.5) is 0 Å². The molecule has 0 spiro atoms. The third-order valence-electron chi connectivity index (χ3n) is 4.79. The molecule has 2 aromatic carbocycles. The Hall–Kier alpha value is -2.75. The number of amides is 1. The lowest BCUT2D eigenvalue weighted by Crippen LogP contribution is -2.35. The van der Waals surface area contributed by atoms with Crippen molar-refractivity contribution in [3.63, 3.8) is 0 Å². The minimum Gasteiger partial charge on any atom is -0.497 e. The van der Waals surface area contributed by atoms with E-state index in [0.29, 0.717) is 16.9 Å². The molecule has 0 aliphatic carbocycles. The van der Waals surface area contributed by atoms with Gasteiger partial charge < -0.3 is 14.1 Å². The summed E-state index contributed by atoms with van der Waals surface area (Å²) in [6, 6.07) is 15.4. The number of methoxy groups -OCH3 is 1. The van der Waals surface area contributed by atoms with Crippen molar-refractivity contribution in [1.82, 2.24) is 4.90 Å². The average molecular weight is 335 g/mol. The van der Waals surface area contributed by atoms with E-state index in [2.05, 4.69) is 0 Å². The maximum absolute atomic E-state index is 13.3. The summed E-state index contributed by atoms with van der Waals surface area (Å²) >= 11 is 0. The van der Waals surface area contributed by atoms with Crippen molar-refractivity contribution in [2.45, 2.75) is 19.3 Å². The van der Waals surface area contributed by atoms with Gasteiger partial charge in [0.2, 0.25) is 0 Å². The SMILES string of the molecule is COc1ccc2oc(-c3ccccc3)c(C(=O)N3CCCCC3)c2c1. The third-order valence-corrected chi connectivity index (χ3v) is 4.79. The van der Waals surface area contributed by atoms with Gasteiger partial charge >= 0.3 is 0 Å². The summed E-state index contributed by atoms with van der Waals surface area (Å²) in [5.41, 5.74) is 2.26. The summed E-state index contributed by atoms with van der Waals surface area (Å²) in [4.78, 5) is 15.2. The van der Waals surface area contributed by atoms with Crippen LogP contribution in [0.1, 0.15) is 29.6 Å². The standard InChI is InChI=1S/C21H21NO3/c1-24-16-10-11-18-17(14-16)19(21(23)22-12-6-3-7-13-22)20(25-18)15-8-4-2-5-9-15/h2,4-5,8-11,14H,3,6-7,12-13H2,1H3. The van der Waals surface area contributed by atoms with Crippen LogP contribution in [0, 0.1) is 0 Å². The number of ether oxygens (including phenoxy) is 1. The molecule has 1 aromatic heterocycles. The Labute approximate surface area is 147 Å². The number of hydrogen-bond acceptors (Lipinski definition) is 3. The molecule has 4 heteroatoms. The second kappa shape index (κ2) is 6.63. The van der Waals surface area contributed by atoms with Gasteiger partial charge in [-0.3, -0.25) is 4.79 Å². The topological polar surface area (TPSA) is 42.7 Å². The molecule has 0 radical (unpaired) electrons. The molecule has 4 rings (SSSR count). The van der Waals surface area contributed by atoms with E-state index < -0.39 is 0 Å². The molecule has 2 heterocycles. The number of carbonyl (C=O) groups excluding carboxylic acids is 1. The predicted octanol–water partition coefficient (Wildman–Crippen LogP) is 4.73. The van der Waals surface area contributed by atoms with E-state index in [1.165, 1.54) is 6.42 Å². The van der Waals surface area contributed by atoms with Crippen molar-refractivity contribution in [3.05, 3.63) is 54.1 Å². The van der Waals surface area contributed by atoms with Crippen molar-refractivity contribution >= 4 is 16.9 Å². The van der Waals surface area contributed by atoms with Crippen LogP contribution in [-0.2, 0) is 0 Å². The lowest BCUT2D eigenvalue weighted by molar-refractivity contribution is 0.0726. The number of piperidine rings is 1. The van der Waals surface area contributed by atoms with Crippen LogP contribution in [0.5, 0.6) is 5.75 Å². The summed E-state index contributed by atoms with van der Waals surface area (Å²) in [5.74, 6) is 1.41. The van der Waals surface area contributed by atoms with Crippen LogP contribution in [0.25, 0.3) is 22.3 Å². The first-order chi connectivity index (χ1) is 12.3. The first-order valence-corrected chi connectivity index (χ1v) is 8.73. The Balaban J connectivity index is 1.90. The second-order valence-corrected chi connectivity index (χ2v) is 6.39. The quantitative estimate of drug-likeness (QED) is 0.694. The van der Waals surface area contributed by atoms with Gasteiger partial charge in [-0.1, -0.05) is 30.3 Å². The third kappa shape index (κ3) is 2.88. The Morgan fingerprint density at radius 3 is 2.52 bits per heavy atom. The number of likely N-dealkylation sites (tertiary alicyclic amines) is 1. The molecule has 128 valence electrons. The number of carbonyl (C=O) groups is 1. The lowest BCUT2D eigenvalue weighted by atomic mass is 10.0. The molecule has 1 fully saturated rings. The number of benzene rings is 2. The highest BCUT2D eigenvalue weighted by molar-refractivity contribution is 6.11. The molecule has 0 N–H and O–H groups in total. The van der Waals surface area contributed by atoms with Crippen LogP contribution < -0.4 is 4.74 Å². The number of hydrogen-bond donors (Lipinski definition) is 0. The Morgan fingerprint density at radius 2 is 1.80 bits per heavy atom. The monoisotopic (exact) mass is 335 g/mol. The van der Waals surface area contributed by atoms with Crippen molar-refractivity contribution in [2.24, 2.45) is 0 Å². The van der Waals surface area contributed by atoms with Gasteiger partial charge in [0.1, 0.15) is 17.1 Å². The van der Waals surface area contributed by atoms with Crippen LogP contribution >= 0.6 is 0 Å². The van der Waals surface area contributed by atoms with Gasteiger partial charge in [0, 0.05) is 24.0 Å². The van der Waals surface area contributed by atoms with Gasteiger partial charge in [0.15, 0.2) is 0 Å². The fourth-order valence-corrected chi connectivity index (χ4v) is 3.46. The van der Waals surface area contributed by atoms with E-state index in [4.69, 9.17) is 9.15 Å². The van der Waals surface area contributed by atoms with Crippen LogP contribution in [0.2, 0.25) is 0 Å². The van der Waals surface area contributed by atoms with E-state index in [9.17, 15) is 4.79 Å². The fourth-order valence-electron chi connectivity index (χ4n) is 3.46. The number of fused-ring (bicyclic) bond motifs is 1. The first kappa shape index (κ1) is 15.8. The molecule has 0 atom stereocenters. The molecule has 0 saturated carbocycles. The summed E-state index contributed by atoms with van der Waals surface area (Å²) in [5, 5.41) is 0.814. The molecule has 25 heavy (non-hydrogen) atoms. The van der Waals surface area contributed by atoms with Crippen LogP contribution in [0.3, 0.4) is 0 Å². The maximum atomic E-state index is 13.3. The molecule has 3 aromatic rings. The normalized spacial score (nSPS) is 14.7. The zero-order valence-corrected chi connectivity index (χ0v) is 14.3. The second-order valence-electron chi connectivity index (χ2n) is 6.39. The van der Waals surface area contributed by atoms with Crippen molar-refractivity contribution in [3.8, 4) is 17.1 Å². The van der Waals surface area contributed by atoms with E-state index in [-0.39, 0.29) is 5.91 Å². The molecule has 1 saturated heterocycles. The molecule has 1 aliphatic heterocycles. The fraction of sp³-hybridized carbons (Fsp3) is 0.286. The van der Waals surface area contributed by atoms with Crippen LogP contribution in [0.15, 0.2) is 52.9 Å². The van der Waals surface area contributed by atoms with E-state index in [1.807, 2.05) is 53.4 Å². The average Bonchev–Trinajstić information content (AvgIpc) is 3.07. The van der Waals surface area contributed by atoms with Gasteiger partial charge in [0.25, 0.3) is 5.91 Å². The zero-order chi connectivity index (χ0) is 17.2. The van der Waals surface area contributed by atoms with E-state index >= 15 is 0 Å². The highest BCUT2D eigenvalue weighted by Gasteiger charge is 2.27. The van der Waals surface area contributed by atoms with E-state index in [0.717, 1.165) is 42.6 Å². The predicted molar refractivity (Wildman–Crippen MR) is 98.0 cm³/mol. The van der Waals surface area contributed by atoms with Crippen LogP contribution in [-0.4, -0.2) is 31.0 Å². The molecule has 0 bridgehead atoms. The number of nitrogens with zero attached hydrogens (tertiary/aromatic N) is 1. The summed E-state index contributed by atoms with van der Waals surface area (Å²) in [6.45, 7) is 1.62. The molecule has 4 nitrogen and oxygen atoms in total. The Morgan fingerprint density at radius 1 is 1.04 bits per heavy atom. The van der Waals surface area contributed by atoms with Crippen molar-refractivity contribution < 1.29 is 13.9 Å². The molecule has 0 unspecified atom stereocenters. The molecule has 1 amide bonds. The van der Waals surface area contributed by atoms with Gasteiger partial charge in [-0.25, -0.2) is 0 Å². The van der Waals surface area contributed by atoms with Crippen molar-refractivity contribution in [1.29, 1.82) is 0 Å². The summed E-state index contributed by atoms with van der Waals surface area (Å²) < 4.78 is 11.4. The zero-order valence-electron chi connectivity index (χ0n) is 14.3. The first-order valence-electron chi connectivity index (χ1n) is 8.73. The number of rotatable bonds is 3. The highest BCUT2D eigenvalue weighted by atomic mass is 16.5. The largest absolute Gasteiger partial charge is 0.497 e. The minimum absolute atomic E-state index is 0.0468. The van der Waals surface area contributed by atoms with Gasteiger partial charge in [-0.15, -0.1) is 0 Å². The maximum Gasteiger partial charge on any atom is 0.258 e. The molecular formula is C21H21NO3. The number of furan rings is 1. The highest BCUT2D eigenvalue weighted by Crippen LogP contribution is 2.36. The molecular weight excluding hydrogens is 314 g/mol. The molecule has 1 aliphatic rings. The lowest BCUT2D eigenvalue weighted by Gasteiger charge is -2.26. The van der Waals surface area contributed by atoms with Gasteiger partial charge in [-0.2, -0.15) is 0 Å². The smallest absolute Gasteiger partial charge is 0.258 e. The van der Waals surface area contributed by atoms with Gasteiger partial charge in [0.05, 0.1) is 12.7 Å². The Kier molecular flexibility index (Phi) is 4.18. The Bertz CT molecular complexity index is 892. The van der Waals surface area contributed by atoms with Crippen molar-refractivity contribution in [2.75, 3.05) is 20.2 Å². The summed E-state index contributed by atoms with van der Waals surface area (Å²) in [6.07, 6.45) is 3.31. The summed E-state index contributed by atoms with van der Waals surface area (Å²) in [7, 11) is 1.63. The minimum atomic E-state index is 0.0468. The van der Waals surface area contributed by atoms with E-state index in [1.54, 1.807) is 7.11 Å².